The smallest absolute Gasteiger partial charge is 0.278 e. The maximum absolute atomic E-state index is 13.4. The van der Waals surface area contributed by atoms with E-state index in [0.29, 0.717) is 22.8 Å². The molecule has 0 amide bonds. The molecule has 1 fully saturated rings. The number of nitrogens with zero attached hydrogens (tertiary/aromatic N) is 6. The van der Waals surface area contributed by atoms with Crippen molar-refractivity contribution in [3.8, 4) is 11.9 Å². The van der Waals surface area contributed by atoms with E-state index in [2.05, 4.69) is 53.7 Å². The Morgan fingerprint density at radius 2 is 1.97 bits per heavy atom. The number of rotatable bonds is 5. The van der Waals surface area contributed by atoms with E-state index in [1.807, 2.05) is 32.0 Å². The highest BCUT2D eigenvalue weighted by Gasteiger charge is 2.40. The van der Waals surface area contributed by atoms with Crippen molar-refractivity contribution in [2.24, 2.45) is 0 Å². The Labute approximate surface area is 221 Å². The fraction of sp³-hybridized carbons (Fsp3) is 0.414. The topological polar surface area (TPSA) is 113 Å². The van der Waals surface area contributed by atoms with Gasteiger partial charge in [0.05, 0.1) is 17.2 Å². The summed E-state index contributed by atoms with van der Waals surface area (Å²) in [4.78, 5) is 27.6. The van der Waals surface area contributed by atoms with Crippen LogP contribution in [0.5, 0.6) is 0 Å². The molecule has 0 saturated heterocycles. The maximum atomic E-state index is 13.4. The van der Waals surface area contributed by atoms with E-state index in [4.69, 9.17) is 9.97 Å². The Morgan fingerprint density at radius 1 is 1.16 bits per heavy atom. The van der Waals surface area contributed by atoms with Crippen LogP contribution in [-0.4, -0.2) is 30.9 Å². The third kappa shape index (κ3) is 3.79. The number of benzene rings is 1. The van der Waals surface area contributed by atoms with Gasteiger partial charge in [-0.05, 0) is 68.5 Å². The van der Waals surface area contributed by atoms with Crippen LogP contribution in [0.4, 0.5) is 11.6 Å². The molecule has 0 atom stereocenters. The molecule has 9 nitrogen and oxygen atoms in total. The minimum Gasteiger partial charge on any atom is -0.324 e. The number of aromatic nitrogens is 5. The number of nitriles is 1. The minimum atomic E-state index is -0.556. The van der Waals surface area contributed by atoms with E-state index in [-0.39, 0.29) is 17.0 Å². The monoisotopic (exact) mass is 508 g/mol. The molecule has 0 radical (unpaired) electrons. The zero-order valence-corrected chi connectivity index (χ0v) is 22.2. The lowest BCUT2D eigenvalue weighted by Crippen LogP contribution is -2.38. The van der Waals surface area contributed by atoms with E-state index in [1.165, 1.54) is 11.1 Å². The summed E-state index contributed by atoms with van der Waals surface area (Å²) in [5.41, 5.74) is 4.04. The van der Waals surface area contributed by atoms with Gasteiger partial charge in [-0.2, -0.15) is 10.2 Å². The molecular formula is C29H32N8O. The van der Waals surface area contributed by atoms with Crippen LogP contribution in [0, 0.1) is 11.3 Å². The van der Waals surface area contributed by atoms with Crippen LogP contribution in [0.1, 0.15) is 69.8 Å². The summed E-state index contributed by atoms with van der Waals surface area (Å²) >= 11 is 0. The lowest BCUT2D eigenvalue weighted by atomic mass is 9.67. The maximum Gasteiger partial charge on any atom is 0.278 e. The van der Waals surface area contributed by atoms with Gasteiger partial charge in [0.25, 0.3) is 5.56 Å². The SMILES string of the molecule is CC(C)n1c(=O)c2cnc(Nc3ccc4c(c3)CNCC4(C)C)nc2n1-c1cccc(C2(C#N)CCC2)n1. The summed E-state index contributed by atoms with van der Waals surface area (Å²) in [6, 6.07) is 14.4. The summed E-state index contributed by atoms with van der Waals surface area (Å²) in [5.74, 6) is 0.968. The Bertz CT molecular complexity index is 1650. The second-order valence-corrected chi connectivity index (χ2v) is 11.4. The molecule has 4 aromatic rings. The summed E-state index contributed by atoms with van der Waals surface area (Å²) in [6.45, 7) is 10.2. The molecule has 0 spiro atoms. The molecule has 0 unspecified atom stereocenters. The van der Waals surface area contributed by atoms with Crippen LogP contribution in [-0.2, 0) is 17.4 Å². The molecule has 4 heterocycles. The zero-order chi connectivity index (χ0) is 26.7. The van der Waals surface area contributed by atoms with Crippen molar-refractivity contribution in [3.63, 3.8) is 0 Å². The number of pyridine rings is 1. The van der Waals surface area contributed by atoms with Gasteiger partial charge in [0.2, 0.25) is 5.95 Å². The van der Waals surface area contributed by atoms with E-state index in [9.17, 15) is 10.1 Å². The third-order valence-electron chi connectivity index (χ3n) is 7.95. The van der Waals surface area contributed by atoms with Crippen molar-refractivity contribution < 1.29 is 0 Å². The minimum absolute atomic E-state index is 0.0719. The van der Waals surface area contributed by atoms with Crippen molar-refractivity contribution in [2.75, 3.05) is 11.9 Å². The number of anilines is 2. The summed E-state index contributed by atoms with van der Waals surface area (Å²) < 4.78 is 3.42. The molecule has 1 saturated carbocycles. The summed E-state index contributed by atoms with van der Waals surface area (Å²) in [7, 11) is 0. The Hall–Kier alpha value is -4.03. The highest BCUT2D eigenvalue weighted by Crippen LogP contribution is 2.42. The highest BCUT2D eigenvalue weighted by atomic mass is 16.1. The molecule has 1 aliphatic carbocycles. The first-order valence-electron chi connectivity index (χ1n) is 13.2. The van der Waals surface area contributed by atoms with Gasteiger partial charge in [0.15, 0.2) is 11.5 Å². The summed E-state index contributed by atoms with van der Waals surface area (Å²) in [5, 5.41) is 17.1. The molecule has 3 aromatic heterocycles. The zero-order valence-electron chi connectivity index (χ0n) is 22.2. The predicted molar refractivity (Wildman–Crippen MR) is 147 cm³/mol. The van der Waals surface area contributed by atoms with Crippen LogP contribution in [0.25, 0.3) is 16.9 Å². The number of hydrogen-bond acceptors (Lipinski definition) is 7. The predicted octanol–water partition coefficient (Wildman–Crippen LogP) is 4.63. The molecule has 1 aliphatic heterocycles. The number of nitrogens with one attached hydrogen (secondary N) is 2. The highest BCUT2D eigenvalue weighted by molar-refractivity contribution is 5.77. The largest absolute Gasteiger partial charge is 0.324 e. The first-order valence-corrected chi connectivity index (χ1v) is 13.2. The molecular weight excluding hydrogens is 476 g/mol. The normalized spacial score (nSPS) is 17.6. The van der Waals surface area contributed by atoms with Gasteiger partial charge in [-0.25, -0.2) is 19.3 Å². The first kappa shape index (κ1) is 24.3. The summed E-state index contributed by atoms with van der Waals surface area (Å²) in [6.07, 6.45) is 4.19. The van der Waals surface area contributed by atoms with Gasteiger partial charge >= 0.3 is 0 Å². The van der Waals surface area contributed by atoms with Crippen LogP contribution >= 0.6 is 0 Å². The Kier molecular flexibility index (Phi) is 5.61. The van der Waals surface area contributed by atoms with Crippen LogP contribution in [0.15, 0.2) is 47.4 Å². The molecule has 2 N–H and O–H groups in total. The van der Waals surface area contributed by atoms with Crippen LogP contribution in [0.2, 0.25) is 0 Å². The average molecular weight is 509 g/mol. The van der Waals surface area contributed by atoms with Gasteiger partial charge in [-0.3, -0.25) is 4.79 Å². The molecule has 38 heavy (non-hydrogen) atoms. The van der Waals surface area contributed by atoms with Gasteiger partial charge in [-0.15, -0.1) is 0 Å². The molecule has 6 rings (SSSR count). The molecule has 0 bridgehead atoms. The van der Waals surface area contributed by atoms with Gasteiger partial charge < -0.3 is 10.6 Å². The quantitative estimate of drug-likeness (QED) is 0.404. The van der Waals surface area contributed by atoms with Crippen LogP contribution in [0.3, 0.4) is 0 Å². The fourth-order valence-electron chi connectivity index (χ4n) is 5.72. The third-order valence-corrected chi connectivity index (χ3v) is 7.95. The Balaban J connectivity index is 1.45. The lowest BCUT2D eigenvalue weighted by molar-refractivity contribution is 0.315. The van der Waals surface area contributed by atoms with Crippen molar-refractivity contribution in [1.82, 2.24) is 29.6 Å². The molecule has 2 aliphatic rings. The second kappa shape index (κ2) is 8.77. The van der Waals surface area contributed by atoms with Crippen molar-refractivity contribution in [3.05, 3.63) is 69.8 Å². The molecule has 9 heteroatoms. The molecule has 1 aromatic carbocycles. The van der Waals surface area contributed by atoms with Gasteiger partial charge in [0, 0.05) is 36.4 Å². The van der Waals surface area contributed by atoms with Gasteiger partial charge in [-0.1, -0.05) is 26.0 Å². The van der Waals surface area contributed by atoms with Gasteiger partial charge in [0.1, 0.15) is 5.39 Å². The van der Waals surface area contributed by atoms with E-state index in [0.717, 1.165) is 43.7 Å². The second-order valence-electron chi connectivity index (χ2n) is 11.4. The van der Waals surface area contributed by atoms with E-state index >= 15 is 0 Å². The standard InChI is InChI=1S/C29H32N8O/c1-18(2)36-26(38)21-15-32-27(33-20-9-10-22-19(13-20)14-31-17-28(22,3)4)35-25(21)37(36)24-8-5-7-23(34-24)29(16-30)11-6-12-29/h5,7-10,13,15,18,31H,6,11-12,14,17H2,1-4H3,(H,32,33,35). The van der Waals surface area contributed by atoms with E-state index < -0.39 is 5.41 Å². The molecule has 194 valence electrons. The number of hydrogen-bond donors (Lipinski definition) is 2. The fourth-order valence-corrected chi connectivity index (χ4v) is 5.72. The first-order chi connectivity index (χ1) is 18.2. The number of fused-ring (bicyclic) bond motifs is 2. The lowest BCUT2D eigenvalue weighted by Gasteiger charge is -2.34. The Morgan fingerprint density at radius 3 is 2.68 bits per heavy atom. The van der Waals surface area contributed by atoms with E-state index in [1.54, 1.807) is 15.6 Å². The average Bonchev–Trinajstić information content (AvgIpc) is 3.15. The van der Waals surface area contributed by atoms with Crippen LogP contribution < -0.4 is 16.2 Å². The van der Waals surface area contributed by atoms with Crippen molar-refractivity contribution >= 4 is 22.7 Å². The van der Waals surface area contributed by atoms with Crippen molar-refractivity contribution in [2.45, 2.75) is 70.4 Å². The van der Waals surface area contributed by atoms with Crippen molar-refractivity contribution in [1.29, 1.82) is 5.26 Å².